The zero-order valence-corrected chi connectivity index (χ0v) is 14.5. The average molecular weight is 352 g/mol. The van der Waals surface area contributed by atoms with Gasteiger partial charge in [0, 0.05) is 27.2 Å². The molecule has 0 saturated heterocycles. The fraction of sp³-hybridized carbons (Fsp3) is 0.438. The molecule has 0 aliphatic heterocycles. The lowest BCUT2D eigenvalue weighted by Gasteiger charge is -2.22. The number of nitrogens with one attached hydrogen (secondary N) is 1. The van der Waals surface area contributed by atoms with Crippen molar-refractivity contribution in [2.24, 2.45) is 12.0 Å². The fourth-order valence-corrected chi connectivity index (χ4v) is 2.19. The lowest BCUT2D eigenvalue weighted by Crippen LogP contribution is -2.38. The van der Waals surface area contributed by atoms with Crippen LogP contribution in [-0.2, 0) is 20.1 Å². The van der Waals surface area contributed by atoms with Crippen LogP contribution in [0.2, 0.25) is 0 Å². The molecule has 1 heterocycles. The minimum Gasteiger partial charge on any atom is -0.435 e. The molecule has 0 unspecified atom stereocenters. The van der Waals surface area contributed by atoms with Gasteiger partial charge >= 0.3 is 6.61 Å². The van der Waals surface area contributed by atoms with Gasteiger partial charge < -0.3 is 19.5 Å². The molecule has 1 N–H and O–H groups in total. The van der Waals surface area contributed by atoms with E-state index < -0.39 is 6.61 Å². The fourth-order valence-electron chi connectivity index (χ4n) is 2.19. The van der Waals surface area contributed by atoms with Crippen molar-refractivity contribution in [3.63, 3.8) is 0 Å². The third-order valence-electron chi connectivity index (χ3n) is 3.44. The van der Waals surface area contributed by atoms with E-state index in [4.69, 9.17) is 0 Å². The minimum atomic E-state index is -2.82. The van der Waals surface area contributed by atoms with Crippen LogP contribution in [0.1, 0.15) is 18.3 Å². The van der Waals surface area contributed by atoms with Crippen LogP contribution in [0.15, 0.2) is 35.6 Å². The van der Waals surface area contributed by atoms with Crippen molar-refractivity contribution in [1.82, 2.24) is 25.0 Å². The lowest BCUT2D eigenvalue weighted by atomic mass is 10.2. The highest BCUT2D eigenvalue weighted by Crippen LogP contribution is 2.15. The highest BCUT2D eigenvalue weighted by molar-refractivity contribution is 5.79. The van der Waals surface area contributed by atoms with E-state index in [0.717, 1.165) is 23.9 Å². The van der Waals surface area contributed by atoms with Crippen LogP contribution < -0.4 is 10.1 Å². The van der Waals surface area contributed by atoms with Crippen LogP contribution in [0, 0.1) is 0 Å². The normalized spacial score (nSPS) is 11.7. The molecule has 0 spiro atoms. The summed E-state index contributed by atoms with van der Waals surface area (Å²) in [5, 5.41) is 11.1. The molecule has 25 heavy (non-hydrogen) atoms. The van der Waals surface area contributed by atoms with Gasteiger partial charge in [0.25, 0.3) is 0 Å². The maximum absolute atomic E-state index is 12.2. The van der Waals surface area contributed by atoms with Gasteiger partial charge in [0.05, 0.1) is 0 Å². The number of rotatable bonds is 7. The Morgan fingerprint density at radius 1 is 1.36 bits per heavy atom. The van der Waals surface area contributed by atoms with Crippen LogP contribution in [0.3, 0.4) is 0 Å². The monoisotopic (exact) mass is 352 g/mol. The molecule has 2 aromatic rings. The number of aromatic nitrogens is 3. The van der Waals surface area contributed by atoms with Gasteiger partial charge in [0.2, 0.25) is 0 Å². The first kappa shape index (κ1) is 18.6. The SMILES string of the molecule is CCNC(=NCc1nncn1C)N(C)Cc1ccc(OC(F)F)cc1. The molecule has 0 aliphatic rings. The van der Waals surface area contributed by atoms with Crippen molar-refractivity contribution in [3.05, 3.63) is 42.0 Å². The Morgan fingerprint density at radius 3 is 2.64 bits per heavy atom. The van der Waals surface area contributed by atoms with Crippen LogP contribution in [-0.4, -0.2) is 45.8 Å². The number of nitrogens with zero attached hydrogens (tertiary/aromatic N) is 5. The molecule has 0 fully saturated rings. The van der Waals surface area contributed by atoms with E-state index >= 15 is 0 Å². The van der Waals surface area contributed by atoms with E-state index in [1.165, 1.54) is 12.1 Å². The van der Waals surface area contributed by atoms with Crippen molar-refractivity contribution in [1.29, 1.82) is 0 Å². The van der Waals surface area contributed by atoms with Gasteiger partial charge in [-0.15, -0.1) is 10.2 Å². The smallest absolute Gasteiger partial charge is 0.387 e. The predicted octanol–water partition coefficient (Wildman–Crippen LogP) is 2.01. The highest BCUT2D eigenvalue weighted by Gasteiger charge is 2.09. The summed E-state index contributed by atoms with van der Waals surface area (Å²) < 4.78 is 30.5. The summed E-state index contributed by atoms with van der Waals surface area (Å²) in [5.74, 6) is 1.62. The summed E-state index contributed by atoms with van der Waals surface area (Å²) >= 11 is 0. The summed E-state index contributed by atoms with van der Waals surface area (Å²) in [7, 11) is 3.77. The Morgan fingerprint density at radius 2 is 2.08 bits per heavy atom. The maximum Gasteiger partial charge on any atom is 0.387 e. The molecule has 0 radical (unpaired) electrons. The first-order valence-corrected chi connectivity index (χ1v) is 7.85. The minimum absolute atomic E-state index is 0.143. The number of aliphatic imine (C=N–C) groups is 1. The van der Waals surface area contributed by atoms with Gasteiger partial charge in [-0.1, -0.05) is 12.1 Å². The Hall–Kier alpha value is -2.71. The number of hydrogen-bond donors (Lipinski definition) is 1. The van der Waals surface area contributed by atoms with E-state index in [-0.39, 0.29) is 5.75 Å². The van der Waals surface area contributed by atoms with Crippen LogP contribution in [0.4, 0.5) is 8.78 Å². The number of guanidine groups is 1. The van der Waals surface area contributed by atoms with Crippen molar-refractivity contribution >= 4 is 5.96 Å². The second kappa shape index (κ2) is 8.95. The highest BCUT2D eigenvalue weighted by atomic mass is 19.3. The predicted molar refractivity (Wildman–Crippen MR) is 90.4 cm³/mol. The quantitative estimate of drug-likeness (QED) is 0.610. The van der Waals surface area contributed by atoms with Crippen molar-refractivity contribution < 1.29 is 13.5 Å². The zero-order chi connectivity index (χ0) is 18.2. The summed E-state index contributed by atoms with van der Waals surface area (Å²) in [6, 6.07) is 6.55. The van der Waals surface area contributed by atoms with E-state index in [0.29, 0.717) is 13.1 Å². The molecular weight excluding hydrogens is 330 g/mol. The number of ether oxygens (including phenoxy) is 1. The third-order valence-corrected chi connectivity index (χ3v) is 3.44. The Kier molecular flexibility index (Phi) is 6.67. The molecule has 1 aromatic carbocycles. The molecule has 7 nitrogen and oxygen atoms in total. The maximum atomic E-state index is 12.2. The number of benzene rings is 1. The van der Waals surface area contributed by atoms with Gasteiger partial charge in [-0.05, 0) is 24.6 Å². The van der Waals surface area contributed by atoms with Gasteiger partial charge in [-0.2, -0.15) is 8.78 Å². The first-order valence-electron chi connectivity index (χ1n) is 7.85. The van der Waals surface area contributed by atoms with E-state index in [9.17, 15) is 8.78 Å². The van der Waals surface area contributed by atoms with Gasteiger partial charge in [-0.25, -0.2) is 4.99 Å². The molecule has 136 valence electrons. The molecule has 0 bridgehead atoms. The second-order valence-corrected chi connectivity index (χ2v) is 5.41. The summed E-state index contributed by atoms with van der Waals surface area (Å²) in [6.45, 7) is 0.872. The largest absolute Gasteiger partial charge is 0.435 e. The standard InChI is InChI=1S/C16H22F2N6O/c1-4-19-16(20-9-14-22-21-11-24(14)3)23(2)10-12-5-7-13(8-6-12)25-15(17)18/h5-8,11,15H,4,9-10H2,1-3H3,(H,19,20). The number of halogens is 2. The molecular formula is C16H22F2N6O. The number of alkyl halides is 2. The number of aryl methyl sites for hydroxylation is 1. The molecule has 2 rings (SSSR count). The van der Waals surface area contributed by atoms with Gasteiger partial charge in [0.15, 0.2) is 11.8 Å². The van der Waals surface area contributed by atoms with Crippen LogP contribution in [0.5, 0.6) is 5.75 Å². The summed E-state index contributed by atoms with van der Waals surface area (Å²) in [4.78, 5) is 6.50. The third kappa shape index (κ3) is 5.70. The number of hydrogen-bond acceptors (Lipinski definition) is 4. The molecule has 0 aliphatic carbocycles. The molecule has 1 aromatic heterocycles. The van der Waals surface area contributed by atoms with Crippen molar-refractivity contribution in [2.75, 3.05) is 13.6 Å². The Balaban J connectivity index is 2.01. The molecule has 0 atom stereocenters. The average Bonchev–Trinajstić information content (AvgIpc) is 2.98. The van der Waals surface area contributed by atoms with Gasteiger partial charge in [0.1, 0.15) is 18.6 Å². The topological polar surface area (TPSA) is 67.6 Å². The first-order chi connectivity index (χ1) is 12.0. The zero-order valence-electron chi connectivity index (χ0n) is 14.5. The Bertz CT molecular complexity index is 686. The molecule has 0 amide bonds. The van der Waals surface area contributed by atoms with E-state index in [1.54, 1.807) is 18.5 Å². The van der Waals surface area contributed by atoms with Crippen LogP contribution in [0.25, 0.3) is 0 Å². The molecule has 0 saturated carbocycles. The Labute approximate surface area is 145 Å². The van der Waals surface area contributed by atoms with E-state index in [1.807, 2.05) is 30.5 Å². The summed E-state index contributed by atoms with van der Waals surface area (Å²) in [5.41, 5.74) is 0.952. The lowest BCUT2D eigenvalue weighted by molar-refractivity contribution is -0.0498. The van der Waals surface area contributed by atoms with Crippen molar-refractivity contribution in [2.45, 2.75) is 26.6 Å². The van der Waals surface area contributed by atoms with Gasteiger partial charge in [-0.3, -0.25) is 0 Å². The summed E-state index contributed by atoms with van der Waals surface area (Å²) in [6.07, 6.45) is 1.63. The second-order valence-electron chi connectivity index (χ2n) is 5.41. The van der Waals surface area contributed by atoms with Crippen LogP contribution >= 0.6 is 0 Å². The molecule has 9 heteroatoms. The van der Waals surface area contributed by atoms with Crippen molar-refractivity contribution in [3.8, 4) is 5.75 Å². The van der Waals surface area contributed by atoms with E-state index in [2.05, 4.69) is 25.2 Å².